The number of para-hydroxylation sites is 1. The zero-order chi connectivity index (χ0) is 13.2. The third-order valence-electron chi connectivity index (χ3n) is 4.66. The minimum atomic E-state index is 0.177. The molecule has 0 radical (unpaired) electrons. The van der Waals surface area contributed by atoms with Crippen LogP contribution in [0, 0.1) is 5.92 Å². The fourth-order valence-electron chi connectivity index (χ4n) is 3.64. The summed E-state index contributed by atoms with van der Waals surface area (Å²) in [6.45, 7) is 0.905. The van der Waals surface area contributed by atoms with Crippen LogP contribution in [0.15, 0.2) is 24.3 Å². The van der Waals surface area contributed by atoms with Crippen molar-refractivity contribution in [2.75, 3.05) is 6.54 Å². The highest BCUT2D eigenvalue weighted by atomic mass is 16.3. The molecule has 0 aromatic heterocycles. The zero-order valence-corrected chi connectivity index (χ0v) is 11.2. The third-order valence-corrected chi connectivity index (χ3v) is 4.66. The summed E-state index contributed by atoms with van der Waals surface area (Å²) in [6.07, 6.45) is 6.51. The highest BCUT2D eigenvalue weighted by molar-refractivity contribution is 5.80. The molecule has 1 saturated heterocycles. The molecule has 0 spiro atoms. The summed E-state index contributed by atoms with van der Waals surface area (Å²) in [5.41, 5.74) is 0.742. The van der Waals surface area contributed by atoms with Crippen molar-refractivity contribution in [3.63, 3.8) is 0 Å². The summed E-state index contributed by atoms with van der Waals surface area (Å²) >= 11 is 0. The molecule has 3 nitrogen and oxygen atoms in total. The first-order valence-corrected chi connectivity index (χ1v) is 7.32. The lowest BCUT2D eigenvalue weighted by molar-refractivity contribution is -0.132. The molecule has 2 unspecified atom stereocenters. The highest BCUT2D eigenvalue weighted by Crippen LogP contribution is 2.36. The van der Waals surface area contributed by atoms with Gasteiger partial charge in [0.15, 0.2) is 0 Å². The van der Waals surface area contributed by atoms with Crippen molar-refractivity contribution in [2.24, 2.45) is 5.92 Å². The highest BCUT2D eigenvalue weighted by Gasteiger charge is 2.37. The van der Waals surface area contributed by atoms with Crippen molar-refractivity contribution in [1.29, 1.82) is 0 Å². The second-order valence-corrected chi connectivity index (χ2v) is 5.79. The zero-order valence-electron chi connectivity index (χ0n) is 11.2. The molecule has 102 valence electrons. The van der Waals surface area contributed by atoms with E-state index >= 15 is 0 Å². The lowest BCUT2D eigenvalue weighted by Gasteiger charge is -2.31. The van der Waals surface area contributed by atoms with Gasteiger partial charge in [0.2, 0.25) is 5.91 Å². The number of nitrogens with zero attached hydrogens (tertiary/aromatic N) is 1. The number of aromatic hydroxyl groups is 1. The van der Waals surface area contributed by atoms with Gasteiger partial charge in [0.1, 0.15) is 5.75 Å². The van der Waals surface area contributed by atoms with E-state index in [2.05, 4.69) is 4.90 Å². The van der Waals surface area contributed by atoms with Crippen molar-refractivity contribution in [3.8, 4) is 5.75 Å². The summed E-state index contributed by atoms with van der Waals surface area (Å²) in [6, 6.07) is 7.61. The number of amides is 1. The van der Waals surface area contributed by atoms with E-state index in [4.69, 9.17) is 0 Å². The van der Waals surface area contributed by atoms with E-state index in [1.54, 1.807) is 12.1 Å². The molecule has 3 heteroatoms. The molecule has 1 saturated carbocycles. The molecule has 2 atom stereocenters. The summed E-state index contributed by atoms with van der Waals surface area (Å²) < 4.78 is 0. The summed E-state index contributed by atoms with van der Waals surface area (Å²) in [5.74, 6) is 1.13. The van der Waals surface area contributed by atoms with Crippen LogP contribution < -0.4 is 0 Å². The molecule has 0 bridgehead atoms. The molecule has 1 N–H and O–H groups in total. The summed E-state index contributed by atoms with van der Waals surface area (Å²) in [4.78, 5) is 14.5. The first-order valence-electron chi connectivity index (χ1n) is 7.32. The Morgan fingerprint density at radius 1 is 1.21 bits per heavy atom. The van der Waals surface area contributed by atoms with Gasteiger partial charge in [-0.1, -0.05) is 31.0 Å². The summed E-state index contributed by atoms with van der Waals surface area (Å²) in [7, 11) is 0. The van der Waals surface area contributed by atoms with Crippen LogP contribution in [0.2, 0.25) is 0 Å². The van der Waals surface area contributed by atoms with Gasteiger partial charge >= 0.3 is 0 Å². The monoisotopic (exact) mass is 259 g/mol. The molecule has 1 aliphatic heterocycles. The van der Waals surface area contributed by atoms with Gasteiger partial charge in [0.05, 0.1) is 6.42 Å². The molecule has 1 aromatic carbocycles. The number of fused-ring (bicyclic) bond motifs is 1. The topological polar surface area (TPSA) is 40.5 Å². The Kier molecular flexibility index (Phi) is 3.45. The second kappa shape index (κ2) is 5.24. The SMILES string of the molecule is O=C(Cc1ccccc1O)N1CCC2CCCCC21. The van der Waals surface area contributed by atoms with E-state index in [1.165, 1.54) is 19.3 Å². The van der Waals surface area contributed by atoms with Gasteiger partial charge in [-0.2, -0.15) is 0 Å². The standard InChI is InChI=1S/C16H21NO2/c18-15-8-4-2-6-13(15)11-16(19)17-10-9-12-5-1-3-7-14(12)17/h2,4,6,8,12,14,18H,1,3,5,7,9-11H2. The molecule has 19 heavy (non-hydrogen) atoms. The largest absolute Gasteiger partial charge is 0.508 e. The van der Waals surface area contributed by atoms with E-state index in [0.29, 0.717) is 12.5 Å². The van der Waals surface area contributed by atoms with Crippen molar-refractivity contribution in [3.05, 3.63) is 29.8 Å². The number of benzene rings is 1. The number of rotatable bonds is 2. The van der Waals surface area contributed by atoms with Gasteiger partial charge in [-0.05, 0) is 31.2 Å². The molecule has 1 aromatic rings. The lowest BCUT2D eigenvalue weighted by atomic mass is 9.85. The van der Waals surface area contributed by atoms with E-state index in [9.17, 15) is 9.90 Å². The van der Waals surface area contributed by atoms with Crippen LogP contribution in [0.4, 0.5) is 0 Å². The van der Waals surface area contributed by atoms with Gasteiger partial charge < -0.3 is 10.0 Å². The third kappa shape index (κ3) is 2.46. The molecule has 1 aliphatic carbocycles. The van der Waals surface area contributed by atoms with Gasteiger partial charge in [-0.25, -0.2) is 0 Å². The quantitative estimate of drug-likeness (QED) is 0.887. The number of phenolic OH excluding ortho intramolecular Hbond substituents is 1. The number of phenols is 1. The molecule has 1 heterocycles. The van der Waals surface area contributed by atoms with Gasteiger partial charge in [0.25, 0.3) is 0 Å². The number of likely N-dealkylation sites (tertiary alicyclic amines) is 1. The predicted octanol–water partition coefficient (Wildman–Crippen LogP) is 2.73. The maximum absolute atomic E-state index is 12.4. The normalized spacial score (nSPS) is 26.2. The minimum absolute atomic E-state index is 0.177. The lowest BCUT2D eigenvalue weighted by Crippen LogP contribution is -2.40. The minimum Gasteiger partial charge on any atom is -0.508 e. The van der Waals surface area contributed by atoms with Crippen molar-refractivity contribution in [1.82, 2.24) is 4.90 Å². The number of carbonyl (C=O) groups excluding carboxylic acids is 1. The van der Waals surface area contributed by atoms with E-state index in [-0.39, 0.29) is 11.7 Å². The van der Waals surface area contributed by atoms with Crippen molar-refractivity contribution >= 4 is 5.91 Å². The molecule has 3 rings (SSSR count). The summed E-state index contributed by atoms with van der Waals surface area (Å²) in [5, 5.41) is 9.76. The number of hydrogen-bond donors (Lipinski definition) is 1. The Morgan fingerprint density at radius 3 is 2.84 bits per heavy atom. The van der Waals surface area contributed by atoms with Crippen LogP contribution in [0.5, 0.6) is 5.75 Å². The van der Waals surface area contributed by atoms with Gasteiger partial charge in [-0.3, -0.25) is 4.79 Å². The van der Waals surface area contributed by atoms with Crippen LogP contribution in [0.3, 0.4) is 0 Å². The molecular weight excluding hydrogens is 238 g/mol. The first kappa shape index (κ1) is 12.5. The Hall–Kier alpha value is -1.51. The van der Waals surface area contributed by atoms with Crippen molar-refractivity contribution in [2.45, 2.75) is 44.6 Å². The number of hydrogen-bond acceptors (Lipinski definition) is 2. The van der Waals surface area contributed by atoms with E-state index < -0.39 is 0 Å². The Morgan fingerprint density at radius 2 is 2.00 bits per heavy atom. The van der Waals surface area contributed by atoms with Crippen LogP contribution in [-0.4, -0.2) is 28.5 Å². The maximum Gasteiger partial charge on any atom is 0.227 e. The van der Waals surface area contributed by atoms with E-state index in [1.807, 2.05) is 12.1 Å². The smallest absolute Gasteiger partial charge is 0.227 e. The Labute approximate surface area is 114 Å². The molecule has 1 amide bonds. The van der Waals surface area contributed by atoms with E-state index in [0.717, 1.165) is 30.9 Å². The van der Waals surface area contributed by atoms with Crippen LogP contribution in [0.1, 0.15) is 37.7 Å². The van der Waals surface area contributed by atoms with Gasteiger partial charge in [0, 0.05) is 18.2 Å². The maximum atomic E-state index is 12.4. The van der Waals surface area contributed by atoms with Crippen LogP contribution in [-0.2, 0) is 11.2 Å². The second-order valence-electron chi connectivity index (χ2n) is 5.79. The van der Waals surface area contributed by atoms with Crippen molar-refractivity contribution < 1.29 is 9.90 Å². The Bertz CT molecular complexity index is 472. The van der Waals surface area contributed by atoms with Gasteiger partial charge in [-0.15, -0.1) is 0 Å². The Balaban J connectivity index is 1.69. The molecular formula is C16H21NO2. The fraction of sp³-hybridized carbons (Fsp3) is 0.562. The average molecular weight is 259 g/mol. The van der Waals surface area contributed by atoms with Crippen LogP contribution in [0.25, 0.3) is 0 Å². The first-order chi connectivity index (χ1) is 9.25. The fourth-order valence-corrected chi connectivity index (χ4v) is 3.64. The van der Waals surface area contributed by atoms with Crippen LogP contribution >= 0.6 is 0 Å². The molecule has 2 aliphatic rings. The predicted molar refractivity (Wildman–Crippen MR) is 73.9 cm³/mol. The number of carbonyl (C=O) groups is 1. The average Bonchev–Trinajstić information content (AvgIpc) is 2.85. The molecule has 2 fully saturated rings.